The van der Waals surface area contributed by atoms with Crippen LogP contribution in [0.1, 0.15) is 6.92 Å². The Balaban J connectivity index is 4.42. The Labute approximate surface area is 83.3 Å². The fourth-order valence-corrected chi connectivity index (χ4v) is 1.10. The highest BCUT2D eigenvalue weighted by atomic mass is 16.5. The van der Waals surface area contributed by atoms with Gasteiger partial charge in [0.1, 0.15) is 18.3 Å². The van der Waals surface area contributed by atoms with Crippen LogP contribution in [-0.2, 0) is 4.74 Å². The Bertz CT molecular complexity index is 176. The molecule has 0 aliphatic carbocycles. The summed E-state index contributed by atoms with van der Waals surface area (Å²) >= 11 is 0. The van der Waals surface area contributed by atoms with E-state index in [1.807, 2.05) is 0 Å². The van der Waals surface area contributed by atoms with Gasteiger partial charge in [-0.25, -0.2) is 0 Å². The Kier molecular flexibility index (Phi) is 6.69. The van der Waals surface area contributed by atoms with Crippen molar-refractivity contribution in [2.75, 3.05) is 20.3 Å². The minimum absolute atomic E-state index is 0.299. The molecule has 0 bridgehead atoms. The quantitative estimate of drug-likeness (QED) is 0.404. The third-order valence-corrected chi connectivity index (χ3v) is 2.12. The summed E-state index contributed by atoms with van der Waals surface area (Å²) in [5, 5.41) is 36.7. The zero-order valence-electron chi connectivity index (χ0n) is 8.42. The van der Waals surface area contributed by atoms with E-state index in [1.54, 1.807) is 6.92 Å². The second-order valence-corrected chi connectivity index (χ2v) is 2.91. The van der Waals surface area contributed by atoms with Crippen LogP contribution in [0, 0.1) is 0 Å². The number of allylic oxidation sites excluding steroid dienone is 1. The summed E-state index contributed by atoms with van der Waals surface area (Å²) < 4.78 is 4.75. The van der Waals surface area contributed by atoms with E-state index in [4.69, 9.17) is 14.9 Å². The molecule has 14 heavy (non-hydrogen) atoms. The van der Waals surface area contributed by atoms with E-state index >= 15 is 0 Å². The number of methoxy groups -OCH3 is 1. The molecule has 3 atom stereocenters. The van der Waals surface area contributed by atoms with Gasteiger partial charge in [0.15, 0.2) is 0 Å². The molecule has 0 spiro atoms. The van der Waals surface area contributed by atoms with Crippen LogP contribution < -0.4 is 0 Å². The van der Waals surface area contributed by atoms with E-state index in [-0.39, 0.29) is 6.61 Å². The number of rotatable bonds is 6. The standard InChI is InChI=1S/C9H18O5/c1-3-6(4-10)8(12)9(13)7(5-11)14-2/h3,7-13H,4-5H2,1-2H3. The Morgan fingerprint density at radius 1 is 1.36 bits per heavy atom. The molecule has 3 unspecified atom stereocenters. The Morgan fingerprint density at radius 2 is 1.93 bits per heavy atom. The first-order chi connectivity index (χ1) is 6.62. The van der Waals surface area contributed by atoms with Gasteiger partial charge in [-0.15, -0.1) is 0 Å². The van der Waals surface area contributed by atoms with E-state index in [0.29, 0.717) is 5.57 Å². The maximum Gasteiger partial charge on any atom is 0.112 e. The van der Waals surface area contributed by atoms with Gasteiger partial charge in [-0.3, -0.25) is 0 Å². The molecule has 0 aromatic carbocycles. The molecule has 5 heteroatoms. The van der Waals surface area contributed by atoms with Crippen LogP contribution in [0.3, 0.4) is 0 Å². The third kappa shape index (κ3) is 3.36. The number of aliphatic hydroxyl groups is 4. The molecule has 4 N–H and O–H groups in total. The molecular formula is C9H18O5. The first kappa shape index (κ1) is 13.5. The zero-order valence-corrected chi connectivity index (χ0v) is 8.42. The van der Waals surface area contributed by atoms with Gasteiger partial charge in [-0.05, 0) is 12.5 Å². The van der Waals surface area contributed by atoms with Gasteiger partial charge in [0.2, 0.25) is 0 Å². The second kappa shape index (κ2) is 6.92. The highest BCUT2D eigenvalue weighted by Crippen LogP contribution is 2.11. The molecule has 0 aromatic heterocycles. The summed E-state index contributed by atoms with van der Waals surface area (Å²) in [4.78, 5) is 0. The van der Waals surface area contributed by atoms with Crippen LogP contribution in [0.5, 0.6) is 0 Å². The van der Waals surface area contributed by atoms with E-state index in [0.717, 1.165) is 0 Å². The van der Waals surface area contributed by atoms with Gasteiger partial charge >= 0.3 is 0 Å². The minimum atomic E-state index is -1.25. The largest absolute Gasteiger partial charge is 0.394 e. The van der Waals surface area contributed by atoms with Crippen molar-refractivity contribution in [3.8, 4) is 0 Å². The van der Waals surface area contributed by atoms with Crippen LogP contribution in [0.15, 0.2) is 11.6 Å². The fourth-order valence-electron chi connectivity index (χ4n) is 1.10. The highest BCUT2D eigenvalue weighted by Gasteiger charge is 2.27. The van der Waals surface area contributed by atoms with Crippen molar-refractivity contribution in [2.45, 2.75) is 25.2 Å². The zero-order chi connectivity index (χ0) is 11.1. The smallest absolute Gasteiger partial charge is 0.112 e. The van der Waals surface area contributed by atoms with Crippen LogP contribution >= 0.6 is 0 Å². The molecule has 0 fully saturated rings. The Hall–Kier alpha value is -0.460. The molecule has 0 aliphatic rings. The fraction of sp³-hybridized carbons (Fsp3) is 0.778. The number of hydrogen-bond donors (Lipinski definition) is 4. The van der Waals surface area contributed by atoms with Crippen LogP contribution in [-0.4, -0.2) is 59.1 Å². The number of aliphatic hydroxyl groups excluding tert-OH is 4. The van der Waals surface area contributed by atoms with E-state index < -0.39 is 24.9 Å². The number of ether oxygens (including phenoxy) is 1. The molecule has 0 aliphatic heterocycles. The molecule has 0 heterocycles. The SMILES string of the molecule is CC=C(CO)C(O)C(O)C(CO)OC. The Morgan fingerprint density at radius 3 is 2.21 bits per heavy atom. The molecule has 0 radical (unpaired) electrons. The van der Waals surface area contributed by atoms with Crippen molar-refractivity contribution in [1.29, 1.82) is 0 Å². The van der Waals surface area contributed by atoms with Crippen molar-refractivity contribution >= 4 is 0 Å². The third-order valence-electron chi connectivity index (χ3n) is 2.12. The van der Waals surface area contributed by atoms with Gasteiger partial charge in [-0.2, -0.15) is 0 Å². The predicted molar refractivity (Wildman–Crippen MR) is 50.7 cm³/mol. The predicted octanol–water partition coefficient (Wildman–Crippen LogP) is -1.35. The average molecular weight is 206 g/mol. The van der Waals surface area contributed by atoms with Gasteiger partial charge in [0.25, 0.3) is 0 Å². The molecule has 0 rings (SSSR count). The molecule has 0 saturated heterocycles. The highest BCUT2D eigenvalue weighted by molar-refractivity contribution is 5.10. The maximum atomic E-state index is 9.54. The average Bonchev–Trinajstić information content (AvgIpc) is 2.21. The van der Waals surface area contributed by atoms with Gasteiger partial charge in [0.05, 0.1) is 13.2 Å². The topological polar surface area (TPSA) is 90.2 Å². The van der Waals surface area contributed by atoms with Gasteiger partial charge in [-0.1, -0.05) is 6.08 Å². The molecule has 0 aromatic rings. The van der Waals surface area contributed by atoms with E-state index in [1.165, 1.54) is 13.2 Å². The summed E-state index contributed by atoms with van der Waals surface area (Å²) in [6.45, 7) is 0.913. The molecule has 0 amide bonds. The van der Waals surface area contributed by atoms with Crippen molar-refractivity contribution in [2.24, 2.45) is 0 Å². The lowest BCUT2D eigenvalue weighted by Gasteiger charge is -2.25. The van der Waals surface area contributed by atoms with E-state index in [9.17, 15) is 10.2 Å². The number of hydrogen-bond acceptors (Lipinski definition) is 5. The first-order valence-electron chi connectivity index (χ1n) is 4.38. The molecule has 84 valence electrons. The van der Waals surface area contributed by atoms with Gasteiger partial charge < -0.3 is 25.2 Å². The van der Waals surface area contributed by atoms with Crippen molar-refractivity contribution in [3.63, 3.8) is 0 Å². The molecular weight excluding hydrogens is 188 g/mol. The first-order valence-corrected chi connectivity index (χ1v) is 4.38. The summed E-state index contributed by atoms with van der Waals surface area (Å²) in [5.41, 5.74) is 0.299. The second-order valence-electron chi connectivity index (χ2n) is 2.91. The molecule has 0 saturated carbocycles. The summed E-state index contributed by atoms with van der Waals surface area (Å²) in [6, 6.07) is 0. The van der Waals surface area contributed by atoms with Crippen molar-refractivity contribution in [1.82, 2.24) is 0 Å². The normalized spacial score (nSPS) is 19.1. The van der Waals surface area contributed by atoms with E-state index in [2.05, 4.69) is 0 Å². The summed E-state index contributed by atoms with van der Waals surface area (Å²) in [5.74, 6) is 0. The lowest BCUT2D eigenvalue weighted by molar-refractivity contribution is -0.0840. The lowest BCUT2D eigenvalue weighted by Crippen LogP contribution is -2.42. The van der Waals surface area contributed by atoms with Crippen molar-refractivity contribution in [3.05, 3.63) is 11.6 Å². The summed E-state index contributed by atoms with van der Waals surface area (Å²) in [7, 11) is 1.32. The van der Waals surface area contributed by atoms with Crippen LogP contribution in [0.2, 0.25) is 0 Å². The lowest BCUT2D eigenvalue weighted by atomic mass is 10.0. The maximum absolute atomic E-state index is 9.54. The van der Waals surface area contributed by atoms with Crippen LogP contribution in [0.4, 0.5) is 0 Å². The monoisotopic (exact) mass is 206 g/mol. The molecule has 5 nitrogen and oxygen atoms in total. The summed E-state index contributed by atoms with van der Waals surface area (Å²) in [6.07, 6.45) is -1.81. The van der Waals surface area contributed by atoms with Crippen molar-refractivity contribution < 1.29 is 25.2 Å². The van der Waals surface area contributed by atoms with Gasteiger partial charge in [0, 0.05) is 7.11 Å². The van der Waals surface area contributed by atoms with Crippen LogP contribution in [0.25, 0.3) is 0 Å². The minimum Gasteiger partial charge on any atom is -0.394 e.